The summed E-state index contributed by atoms with van der Waals surface area (Å²) in [6.07, 6.45) is 0. The average molecular weight is 287 g/mol. The molecule has 1 rings (SSSR count). The van der Waals surface area contributed by atoms with Gasteiger partial charge in [-0.1, -0.05) is 0 Å². The van der Waals surface area contributed by atoms with Crippen molar-refractivity contribution in [2.75, 3.05) is 31.8 Å². The first-order valence-corrected chi connectivity index (χ1v) is 7.32. The SMILES string of the molecule is CNS(=O)(=O)c1cc(N)ccc1NCC(C)(C)OC. The highest BCUT2D eigenvalue weighted by atomic mass is 32.2. The van der Waals surface area contributed by atoms with Crippen LogP contribution in [0.5, 0.6) is 0 Å². The topological polar surface area (TPSA) is 93.5 Å². The molecule has 0 saturated carbocycles. The van der Waals surface area contributed by atoms with Crippen LogP contribution in [-0.4, -0.2) is 34.7 Å². The molecule has 108 valence electrons. The van der Waals surface area contributed by atoms with Gasteiger partial charge in [-0.25, -0.2) is 13.1 Å². The molecule has 0 aliphatic carbocycles. The lowest BCUT2D eigenvalue weighted by molar-refractivity contribution is 0.0343. The number of rotatable bonds is 6. The van der Waals surface area contributed by atoms with E-state index in [2.05, 4.69) is 10.0 Å². The number of hydrogen-bond donors (Lipinski definition) is 3. The summed E-state index contributed by atoms with van der Waals surface area (Å²) in [6, 6.07) is 4.72. The van der Waals surface area contributed by atoms with Gasteiger partial charge in [-0.15, -0.1) is 0 Å². The Balaban J connectivity index is 3.09. The molecular formula is C12H21N3O3S. The van der Waals surface area contributed by atoms with Crippen LogP contribution >= 0.6 is 0 Å². The third kappa shape index (κ3) is 4.09. The lowest BCUT2D eigenvalue weighted by Gasteiger charge is -2.24. The minimum absolute atomic E-state index is 0.127. The molecule has 0 spiro atoms. The lowest BCUT2D eigenvalue weighted by Crippen LogP contribution is -2.32. The van der Waals surface area contributed by atoms with Gasteiger partial charge in [0, 0.05) is 19.3 Å². The second kappa shape index (κ2) is 5.77. The number of nitrogens with one attached hydrogen (secondary N) is 2. The van der Waals surface area contributed by atoms with Crippen molar-refractivity contribution >= 4 is 21.4 Å². The van der Waals surface area contributed by atoms with Crippen LogP contribution in [0.2, 0.25) is 0 Å². The fourth-order valence-corrected chi connectivity index (χ4v) is 2.34. The smallest absolute Gasteiger partial charge is 0.242 e. The Labute approximate surface area is 114 Å². The van der Waals surface area contributed by atoms with Crippen LogP contribution < -0.4 is 15.8 Å². The molecule has 0 amide bonds. The summed E-state index contributed by atoms with van der Waals surface area (Å²) in [5, 5.41) is 3.07. The Kier molecular flexibility index (Phi) is 4.78. The van der Waals surface area contributed by atoms with Crippen molar-refractivity contribution in [2.24, 2.45) is 0 Å². The number of ether oxygens (including phenoxy) is 1. The van der Waals surface area contributed by atoms with Crippen molar-refractivity contribution < 1.29 is 13.2 Å². The zero-order valence-electron chi connectivity index (χ0n) is 11.6. The molecule has 0 heterocycles. The van der Waals surface area contributed by atoms with E-state index in [-0.39, 0.29) is 4.90 Å². The van der Waals surface area contributed by atoms with E-state index in [9.17, 15) is 8.42 Å². The second-order valence-corrected chi connectivity index (χ2v) is 6.64. The van der Waals surface area contributed by atoms with Gasteiger partial charge in [0.05, 0.1) is 11.3 Å². The van der Waals surface area contributed by atoms with Crippen LogP contribution in [0.15, 0.2) is 23.1 Å². The fourth-order valence-electron chi connectivity index (χ4n) is 1.40. The van der Waals surface area contributed by atoms with Gasteiger partial charge in [0.15, 0.2) is 0 Å². The number of sulfonamides is 1. The van der Waals surface area contributed by atoms with E-state index in [4.69, 9.17) is 10.5 Å². The molecule has 0 radical (unpaired) electrons. The molecule has 0 saturated heterocycles. The van der Waals surface area contributed by atoms with Crippen LogP contribution in [0.1, 0.15) is 13.8 Å². The highest BCUT2D eigenvalue weighted by molar-refractivity contribution is 7.89. The van der Waals surface area contributed by atoms with Crippen molar-refractivity contribution in [1.29, 1.82) is 0 Å². The van der Waals surface area contributed by atoms with Crippen molar-refractivity contribution in [2.45, 2.75) is 24.3 Å². The van der Waals surface area contributed by atoms with E-state index >= 15 is 0 Å². The summed E-state index contributed by atoms with van der Waals surface area (Å²) in [4.78, 5) is 0.127. The Morgan fingerprint density at radius 2 is 2.00 bits per heavy atom. The summed E-state index contributed by atoms with van der Waals surface area (Å²) in [7, 11) is -0.590. The summed E-state index contributed by atoms with van der Waals surface area (Å²) in [6.45, 7) is 4.28. The summed E-state index contributed by atoms with van der Waals surface area (Å²) in [5.74, 6) is 0. The molecule has 19 heavy (non-hydrogen) atoms. The minimum atomic E-state index is -3.56. The summed E-state index contributed by atoms with van der Waals surface area (Å²) in [5.41, 5.74) is 6.13. The predicted octanol–water partition coefficient (Wildman–Crippen LogP) is 1.01. The van der Waals surface area contributed by atoms with E-state index in [1.807, 2.05) is 13.8 Å². The molecule has 0 aliphatic rings. The van der Waals surface area contributed by atoms with E-state index in [1.54, 1.807) is 19.2 Å². The first-order chi connectivity index (χ1) is 8.72. The van der Waals surface area contributed by atoms with Crippen LogP contribution in [-0.2, 0) is 14.8 Å². The highest BCUT2D eigenvalue weighted by Gasteiger charge is 2.20. The molecular weight excluding hydrogens is 266 g/mol. The third-order valence-corrected chi connectivity index (χ3v) is 4.28. The van der Waals surface area contributed by atoms with Gasteiger partial charge >= 0.3 is 0 Å². The molecule has 0 unspecified atom stereocenters. The van der Waals surface area contributed by atoms with Crippen molar-refractivity contribution in [1.82, 2.24) is 4.72 Å². The van der Waals surface area contributed by atoms with Crippen LogP contribution in [0, 0.1) is 0 Å². The minimum Gasteiger partial charge on any atom is -0.399 e. The Morgan fingerprint density at radius 1 is 1.37 bits per heavy atom. The largest absolute Gasteiger partial charge is 0.399 e. The first-order valence-electron chi connectivity index (χ1n) is 5.84. The third-order valence-electron chi connectivity index (χ3n) is 2.82. The maximum Gasteiger partial charge on any atom is 0.242 e. The van der Waals surface area contributed by atoms with E-state index < -0.39 is 15.6 Å². The Morgan fingerprint density at radius 3 is 2.53 bits per heavy atom. The molecule has 7 heteroatoms. The molecule has 0 aromatic heterocycles. The van der Waals surface area contributed by atoms with Gasteiger partial charge in [-0.2, -0.15) is 0 Å². The lowest BCUT2D eigenvalue weighted by atomic mass is 10.1. The average Bonchev–Trinajstić information content (AvgIpc) is 2.37. The summed E-state index contributed by atoms with van der Waals surface area (Å²) < 4.78 is 31.4. The summed E-state index contributed by atoms with van der Waals surface area (Å²) >= 11 is 0. The fraction of sp³-hybridized carbons (Fsp3) is 0.500. The molecule has 0 aliphatic heterocycles. The zero-order valence-corrected chi connectivity index (χ0v) is 12.5. The second-order valence-electron chi connectivity index (χ2n) is 4.78. The quantitative estimate of drug-likeness (QED) is 0.679. The number of methoxy groups -OCH3 is 1. The number of hydrogen-bond acceptors (Lipinski definition) is 5. The molecule has 6 nitrogen and oxygen atoms in total. The molecule has 0 fully saturated rings. The van der Waals surface area contributed by atoms with Crippen LogP contribution in [0.3, 0.4) is 0 Å². The Bertz CT molecular complexity index is 541. The highest BCUT2D eigenvalue weighted by Crippen LogP contribution is 2.24. The first kappa shape index (κ1) is 15.7. The Hall–Kier alpha value is -1.31. The number of benzene rings is 1. The maximum absolute atomic E-state index is 11.9. The number of nitrogens with two attached hydrogens (primary N) is 1. The van der Waals surface area contributed by atoms with Gasteiger partial charge in [-0.3, -0.25) is 0 Å². The molecule has 1 aromatic carbocycles. The van der Waals surface area contributed by atoms with Crippen molar-refractivity contribution in [3.63, 3.8) is 0 Å². The maximum atomic E-state index is 11.9. The molecule has 0 atom stereocenters. The van der Waals surface area contributed by atoms with Gasteiger partial charge in [0.25, 0.3) is 0 Å². The normalized spacial score (nSPS) is 12.4. The molecule has 4 N–H and O–H groups in total. The van der Waals surface area contributed by atoms with E-state index in [0.717, 1.165) is 0 Å². The van der Waals surface area contributed by atoms with Crippen molar-refractivity contribution in [3.05, 3.63) is 18.2 Å². The van der Waals surface area contributed by atoms with Crippen molar-refractivity contribution in [3.8, 4) is 0 Å². The van der Waals surface area contributed by atoms with E-state index in [1.165, 1.54) is 13.1 Å². The number of nitrogen functional groups attached to an aromatic ring is 1. The van der Waals surface area contributed by atoms with Gasteiger partial charge in [0.1, 0.15) is 4.90 Å². The van der Waals surface area contributed by atoms with Crippen LogP contribution in [0.4, 0.5) is 11.4 Å². The predicted molar refractivity (Wildman–Crippen MR) is 76.7 cm³/mol. The number of anilines is 2. The standard InChI is InChI=1S/C12H21N3O3S/c1-12(2,18-4)8-15-10-6-5-9(13)7-11(10)19(16,17)14-3/h5-7,14-15H,8,13H2,1-4H3. The van der Waals surface area contributed by atoms with E-state index in [0.29, 0.717) is 17.9 Å². The van der Waals surface area contributed by atoms with Gasteiger partial charge in [-0.05, 0) is 39.1 Å². The molecule has 1 aromatic rings. The van der Waals surface area contributed by atoms with Gasteiger partial charge in [0.2, 0.25) is 10.0 Å². The molecule has 0 bridgehead atoms. The van der Waals surface area contributed by atoms with Crippen LogP contribution in [0.25, 0.3) is 0 Å². The zero-order chi connectivity index (χ0) is 14.7. The monoisotopic (exact) mass is 287 g/mol. The van der Waals surface area contributed by atoms with Gasteiger partial charge < -0.3 is 15.8 Å².